The third-order valence-corrected chi connectivity index (χ3v) is 5.72. The van der Waals surface area contributed by atoms with Gasteiger partial charge in [-0.3, -0.25) is 10.1 Å². The smallest absolute Gasteiger partial charge is 0.269 e. The highest BCUT2D eigenvalue weighted by Crippen LogP contribution is 2.24. The summed E-state index contributed by atoms with van der Waals surface area (Å²) in [6, 6.07) is 13.4. The summed E-state index contributed by atoms with van der Waals surface area (Å²) in [4.78, 5) is 12.4. The van der Waals surface area contributed by atoms with Crippen LogP contribution in [0, 0.1) is 10.1 Å². The minimum absolute atomic E-state index is 0.0568. The fraction of sp³-hybridized carbons (Fsp3) is 0.333. The van der Waals surface area contributed by atoms with Crippen LogP contribution in [0.25, 0.3) is 0 Å². The number of anilines is 1. The van der Waals surface area contributed by atoms with Crippen LogP contribution in [-0.4, -0.2) is 26.4 Å². The number of hydrogen-bond donors (Lipinski definition) is 1. The molecule has 1 aliphatic heterocycles. The standard InChI is InChI=1S/C18H21N3O4S/c22-21(23)17-9-7-15(8-10-17)14-26(24,25)19-13-16-5-1-2-6-18(16)20-11-3-4-12-20/h1-2,5-10,19H,3-4,11-14H2. The quantitative estimate of drug-likeness (QED) is 0.593. The molecule has 138 valence electrons. The molecule has 0 unspecified atom stereocenters. The fourth-order valence-electron chi connectivity index (χ4n) is 3.10. The predicted molar refractivity (Wildman–Crippen MR) is 100 cm³/mol. The van der Waals surface area contributed by atoms with E-state index in [1.54, 1.807) is 0 Å². The second-order valence-electron chi connectivity index (χ2n) is 6.33. The third-order valence-electron chi connectivity index (χ3n) is 4.42. The summed E-state index contributed by atoms with van der Waals surface area (Å²) < 4.78 is 27.4. The van der Waals surface area contributed by atoms with Gasteiger partial charge in [-0.05, 0) is 30.0 Å². The number of benzene rings is 2. The molecule has 0 radical (unpaired) electrons. The molecule has 2 aromatic rings. The van der Waals surface area contributed by atoms with Gasteiger partial charge in [0.1, 0.15) is 0 Å². The Morgan fingerprint density at radius 1 is 1.04 bits per heavy atom. The number of nitro benzene ring substituents is 1. The normalized spacial score (nSPS) is 14.5. The SMILES string of the molecule is O=[N+]([O-])c1ccc(CS(=O)(=O)NCc2ccccc2N2CCCC2)cc1. The molecule has 7 nitrogen and oxygen atoms in total. The molecule has 0 spiro atoms. The zero-order chi connectivity index (χ0) is 18.6. The summed E-state index contributed by atoms with van der Waals surface area (Å²) in [5.41, 5.74) is 2.47. The predicted octanol–water partition coefficient (Wildman–Crippen LogP) is 2.81. The molecule has 0 bridgehead atoms. The number of hydrogen-bond acceptors (Lipinski definition) is 5. The highest BCUT2D eigenvalue weighted by Gasteiger charge is 2.17. The molecule has 0 aromatic heterocycles. The number of sulfonamides is 1. The highest BCUT2D eigenvalue weighted by atomic mass is 32.2. The van der Waals surface area contributed by atoms with Crippen molar-refractivity contribution < 1.29 is 13.3 Å². The molecule has 2 aromatic carbocycles. The van der Waals surface area contributed by atoms with Gasteiger partial charge in [0.15, 0.2) is 0 Å². The van der Waals surface area contributed by atoms with E-state index in [4.69, 9.17) is 0 Å². The number of rotatable bonds is 7. The molecule has 1 heterocycles. The van der Waals surface area contributed by atoms with E-state index in [0.29, 0.717) is 5.56 Å². The molecule has 0 aliphatic carbocycles. The molecule has 0 amide bonds. The average molecular weight is 375 g/mol. The lowest BCUT2D eigenvalue weighted by atomic mass is 10.1. The maximum atomic E-state index is 12.4. The average Bonchev–Trinajstić information content (AvgIpc) is 3.15. The van der Waals surface area contributed by atoms with Gasteiger partial charge in [0.2, 0.25) is 10.0 Å². The van der Waals surface area contributed by atoms with Gasteiger partial charge >= 0.3 is 0 Å². The van der Waals surface area contributed by atoms with Gasteiger partial charge in [0.05, 0.1) is 10.7 Å². The highest BCUT2D eigenvalue weighted by molar-refractivity contribution is 7.88. The molecule has 1 aliphatic rings. The van der Waals surface area contributed by atoms with E-state index >= 15 is 0 Å². The molecule has 3 rings (SSSR count). The van der Waals surface area contributed by atoms with E-state index in [0.717, 1.165) is 37.2 Å². The Labute approximate surface area is 152 Å². The summed E-state index contributed by atoms with van der Waals surface area (Å²) in [5.74, 6) is -0.211. The van der Waals surface area contributed by atoms with Gasteiger partial charge in [-0.15, -0.1) is 0 Å². The maximum absolute atomic E-state index is 12.4. The van der Waals surface area contributed by atoms with Gasteiger partial charge < -0.3 is 4.90 Å². The molecule has 1 saturated heterocycles. The molecule has 26 heavy (non-hydrogen) atoms. The first-order valence-electron chi connectivity index (χ1n) is 8.48. The van der Waals surface area contributed by atoms with Crippen LogP contribution in [0.3, 0.4) is 0 Å². The molecule has 8 heteroatoms. The number of para-hydroxylation sites is 1. The van der Waals surface area contributed by atoms with Crippen molar-refractivity contribution in [1.29, 1.82) is 0 Å². The van der Waals surface area contributed by atoms with Crippen molar-refractivity contribution in [1.82, 2.24) is 4.72 Å². The Balaban J connectivity index is 1.66. The van der Waals surface area contributed by atoms with E-state index in [2.05, 4.69) is 9.62 Å². The third kappa shape index (κ3) is 4.59. The zero-order valence-corrected chi connectivity index (χ0v) is 15.1. The summed E-state index contributed by atoms with van der Waals surface area (Å²) in [6.45, 7) is 2.21. The molecule has 1 N–H and O–H groups in total. The number of nitro groups is 1. The Bertz CT molecular complexity index is 876. The van der Waals surface area contributed by atoms with Crippen molar-refractivity contribution in [2.45, 2.75) is 25.1 Å². The van der Waals surface area contributed by atoms with Crippen molar-refractivity contribution in [2.24, 2.45) is 0 Å². The minimum Gasteiger partial charge on any atom is -0.371 e. The summed E-state index contributed by atoms with van der Waals surface area (Å²) in [5, 5.41) is 10.7. The maximum Gasteiger partial charge on any atom is 0.269 e. The molecular formula is C18H21N3O4S. The van der Waals surface area contributed by atoms with E-state index < -0.39 is 14.9 Å². The van der Waals surface area contributed by atoms with Crippen molar-refractivity contribution in [3.05, 3.63) is 69.8 Å². The van der Waals surface area contributed by atoms with Gasteiger partial charge in [-0.25, -0.2) is 13.1 Å². The summed E-state index contributed by atoms with van der Waals surface area (Å²) in [6.07, 6.45) is 2.31. The number of nitrogens with one attached hydrogen (secondary N) is 1. The van der Waals surface area contributed by atoms with E-state index in [-0.39, 0.29) is 18.0 Å². The van der Waals surface area contributed by atoms with E-state index in [9.17, 15) is 18.5 Å². The van der Waals surface area contributed by atoms with Crippen molar-refractivity contribution >= 4 is 21.4 Å². The van der Waals surface area contributed by atoms with Gasteiger partial charge in [0.25, 0.3) is 5.69 Å². The van der Waals surface area contributed by atoms with Gasteiger partial charge in [-0.2, -0.15) is 0 Å². The van der Waals surface area contributed by atoms with Crippen LogP contribution < -0.4 is 9.62 Å². The molecule has 0 saturated carbocycles. The topological polar surface area (TPSA) is 92.5 Å². The Morgan fingerprint density at radius 2 is 1.69 bits per heavy atom. The molecule has 1 fully saturated rings. The summed E-state index contributed by atoms with van der Waals surface area (Å²) >= 11 is 0. The summed E-state index contributed by atoms with van der Waals surface area (Å²) in [7, 11) is -3.54. The van der Waals surface area contributed by atoms with Crippen LogP contribution >= 0.6 is 0 Å². The van der Waals surface area contributed by atoms with Gasteiger partial charge in [-0.1, -0.05) is 30.3 Å². The molecule has 0 atom stereocenters. The lowest BCUT2D eigenvalue weighted by Crippen LogP contribution is -2.26. The van der Waals surface area contributed by atoms with Gasteiger partial charge in [0, 0.05) is 37.5 Å². The first-order valence-corrected chi connectivity index (χ1v) is 10.1. The Hall–Kier alpha value is -2.45. The van der Waals surface area contributed by atoms with Crippen LogP contribution in [0.4, 0.5) is 11.4 Å². The van der Waals surface area contributed by atoms with Crippen molar-refractivity contribution in [2.75, 3.05) is 18.0 Å². The van der Waals surface area contributed by atoms with Crippen LogP contribution in [0.2, 0.25) is 0 Å². The molecular weight excluding hydrogens is 354 g/mol. The monoisotopic (exact) mass is 375 g/mol. The second-order valence-corrected chi connectivity index (χ2v) is 8.13. The lowest BCUT2D eigenvalue weighted by Gasteiger charge is -2.21. The number of non-ortho nitro benzene ring substituents is 1. The van der Waals surface area contributed by atoms with E-state index in [1.165, 1.54) is 24.3 Å². The first kappa shape index (κ1) is 18.3. The van der Waals surface area contributed by atoms with Crippen LogP contribution in [0.15, 0.2) is 48.5 Å². The zero-order valence-electron chi connectivity index (χ0n) is 14.3. The van der Waals surface area contributed by atoms with Crippen molar-refractivity contribution in [3.63, 3.8) is 0 Å². The Kier molecular flexibility index (Phi) is 5.53. The largest absolute Gasteiger partial charge is 0.371 e. The second kappa shape index (κ2) is 7.84. The minimum atomic E-state index is -3.54. The van der Waals surface area contributed by atoms with Crippen molar-refractivity contribution in [3.8, 4) is 0 Å². The fourth-order valence-corrected chi connectivity index (χ4v) is 4.21. The first-order chi connectivity index (χ1) is 12.4. The van der Waals surface area contributed by atoms with Crippen LogP contribution in [0.1, 0.15) is 24.0 Å². The van der Waals surface area contributed by atoms with Crippen LogP contribution in [-0.2, 0) is 22.3 Å². The Morgan fingerprint density at radius 3 is 2.35 bits per heavy atom. The number of nitrogens with zero attached hydrogens (tertiary/aromatic N) is 2. The van der Waals surface area contributed by atoms with Crippen LogP contribution in [0.5, 0.6) is 0 Å². The lowest BCUT2D eigenvalue weighted by molar-refractivity contribution is -0.384. The van der Waals surface area contributed by atoms with E-state index in [1.807, 2.05) is 24.3 Å².